The normalized spacial score (nSPS) is 11.3. The van der Waals surface area contributed by atoms with Gasteiger partial charge in [-0.25, -0.2) is 4.39 Å². The summed E-state index contributed by atoms with van der Waals surface area (Å²) in [6, 6.07) is 13.6. The van der Waals surface area contributed by atoms with Crippen LogP contribution in [0, 0.1) is 5.82 Å². The predicted octanol–water partition coefficient (Wildman–Crippen LogP) is 3.05. The van der Waals surface area contributed by atoms with Crippen LogP contribution in [0.15, 0.2) is 53.5 Å². The van der Waals surface area contributed by atoms with Gasteiger partial charge < -0.3 is 20.1 Å². The molecule has 6 heteroatoms. The van der Waals surface area contributed by atoms with Gasteiger partial charge in [0, 0.05) is 20.1 Å². The van der Waals surface area contributed by atoms with Crippen LogP contribution in [0.5, 0.6) is 11.5 Å². The van der Waals surface area contributed by atoms with E-state index in [2.05, 4.69) is 10.3 Å². The van der Waals surface area contributed by atoms with Gasteiger partial charge in [-0.1, -0.05) is 24.3 Å². The van der Waals surface area contributed by atoms with Crippen molar-refractivity contribution in [1.29, 1.82) is 0 Å². The highest BCUT2D eigenvalue weighted by Gasteiger charge is 2.07. The lowest BCUT2D eigenvalue weighted by molar-refractivity contribution is 0.270. The molecule has 2 aromatic carbocycles. The number of hydrogen-bond acceptors (Lipinski definition) is 3. The number of aliphatic imine (C=N–C) groups is 1. The molecule has 140 valence electrons. The number of nitrogens with zero attached hydrogens (tertiary/aromatic N) is 2. The second-order valence-corrected chi connectivity index (χ2v) is 5.86. The molecular weight excluding hydrogens is 333 g/mol. The lowest BCUT2D eigenvalue weighted by atomic mass is 10.1. The Hall–Kier alpha value is -2.76. The summed E-state index contributed by atoms with van der Waals surface area (Å²) in [7, 11) is 1.92. The van der Waals surface area contributed by atoms with E-state index in [-0.39, 0.29) is 17.3 Å². The maximum atomic E-state index is 13.6. The predicted molar refractivity (Wildman–Crippen MR) is 102 cm³/mol. The molecule has 2 aromatic rings. The van der Waals surface area contributed by atoms with Gasteiger partial charge in [0.2, 0.25) is 0 Å². The Morgan fingerprint density at radius 2 is 2.04 bits per heavy atom. The molecule has 0 aromatic heterocycles. The number of benzene rings is 2. The number of phenols is 1. The Balaban J connectivity index is 1.85. The van der Waals surface area contributed by atoms with Crippen LogP contribution in [0.4, 0.5) is 4.39 Å². The molecule has 0 heterocycles. The third-order valence-electron chi connectivity index (χ3n) is 3.79. The third kappa shape index (κ3) is 6.27. The van der Waals surface area contributed by atoms with Crippen molar-refractivity contribution >= 4 is 5.96 Å². The summed E-state index contributed by atoms with van der Waals surface area (Å²) in [6.07, 6.45) is 0.739. The largest absolute Gasteiger partial charge is 0.508 e. The van der Waals surface area contributed by atoms with E-state index in [1.54, 1.807) is 30.3 Å². The molecule has 0 radical (unpaired) electrons. The van der Waals surface area contributed by atoms with Crippen LogP contribution < -0.4 is 10.1 Å². The summed E-state index contributed by atoms with van der Waals surface area (Å²) in [5.41, 5.74) is 1.04. The summed E-state index contributed by atoms with van der Waals surface area (Å²) in [5, 5.41) is 12.7. The Labute approximate surface area is 154 Å². The van der Waals surface area contributed by atoms with Crippen LogP contribution >= 0.6 is 0 Å². The van der Waals surface area contributed by atoms with Gasteiger partial charge in [0.05, 0.1) is 6.54 Å². The van der Waals surface area contributed by atoms with E-state index in [1.807, 2.05) is 31.0 Å². The average molecular weight is 359 g/mol. The molecule has 0 atom stereocenters. The van der Waals surface area contributed by atoms with Crippen molar-refractivity contribution in [2.24, 2.45) is 4.99 Å². The Morgan fingerprint density at radius 1 is 1.23 bits per heavy atom. The van der Waals surface area contributed by atoms with Crippen molar-refractivity contribution in [2.75, 3.05) is 33.3 Å². The fourth-order valence-electron chi connectivity index (χ4n) is 2.43. The van der Waals surface area contributed by atoms with Crippen molar-refractivity contribution < 1.29 is 14.2 Å². The molecule has 5 nitrogen and oxygen atoms in total. The van der Waals surface area contributed by atoms with Gasteiger partial charge >= 0.3 is 0 Å². The lowest BCUT2D eigenvalue weighted by Gasteiger charge is -2.22. The van der Waals surface area contributed by atoms with E-state index in [0.717, 1.165) is 24.5 Å². The molecule has 0 spiro atoms. The number of phenolic OH excluding ortho intramolecular Hbond substituents is 1. The number of ether oxygens (including phenoxy) is 1. The van der Waals surface area contributed by atoms with Crippen LogP contribution in [-0.4, -0.2) is 49.3 Å². The summed E-state index contributed by atoms with van der Waals surface area (Å²) in [5.74, 6) is 0.930. The van der Waals surface area contributed by atoms with E-state index < -0.39 is 0 Å². The zero-order chi connectivity index (χ0) is 18.8. The van der Waals surface area contributed by atoms with E-state index in [1.165, 1.54) is 6.07 Å². The second kappa shape index (κ2) is 10.3. The number of aromatic hydroxyl groups is 1. The minimum absolute atomic E-state index is 0.256. The Kier molecular flexibility index (Phi) is 7.74. The first-order valence-corrected chi connectivity index (χ1v) is 8.75. The number of para-hydroxylation sites is 1. The minimum atomic E-state index is -0.359. The number of hydrogen-bond donors (Lipinski definition) is 2. The number of nitrogens with one attached hydrogen (secondary N) is 1. The minimum Gasteiger partial charge on any atom is -0.508 e. The summed E-state index contributed by atoms with van der Waals surface area (Å²) in [4.78, 5) is 6.55. The monoisotopic (exact) mass is 359 g/mol. The van der Waals surface area contributed by atoms with Gasteiger partial charge in [0.1, 0.15) is 12.4 Å². The highest BCUT2D eigenvalue weighted by Crippen LogP contribution is 2.15. The molecule has 0 saturated heterocycles. The van der Waals surface area contributed by atoms with Crippen LogP contribution in [0.2, 0.25) is 0 Å². The fraction of sp³-hybridized carbons (Fsp3) is 0.350. The standard InChI is InChI=1S/C20H26FN3O2/c1-3-22-20(23-12-11-16-7-6-8-17(25)15-16)24(2)13-14-26-19-10-5-4-9-18(19)21/h4-10,15,25H,3,11-14H2,1-2H3,(H,22,23). The van der Waals surface area contributed by atoms with Crippen molar-refractivity contribution in [3.8, 4) is 11.5 Å². The summed E-state index contributed by atoms with van der Waals surface area (Å²) < 4.78 is 19.1. The van der Waals surface area contributed by atoms with Crippen LogP contribution in [0.25, 0.3) is 0 Å². The maximum absolute atomic E-state index is 13.6. The molecule has 0 aliphatic heterocycles. The van der Waals surface area contributed by atoms with Crippen molar-refractivity contribution in [1.82, 2.24) is 10.2 Å². The van der Waals surface area contributed by atoms with Crippen molar-refractivity contribution in [3.63, 3.8) is 0 Å². The quantitative estimate of drug-likeness (QED) is 0.562. The van der Waals surface area contributed by atoms with Crippen LogP contribution in [0.3, 0.4) is 0 Å². The first-order chi connectivity index (χ1) is 12.6. The first kappa shape index (κ1) is 19.6. The molecular formula is C20H26FN3O2. The number of halogens is 1. The smallest absolute Gasteiger partial charge is 0.193 e. The van der Waals surface area contributed by atoms with Gasteiger partial charge in [-0.3, -0.25) is 4.99 Å². The SMILES string of the molecule is CCNC(=NCCc1cccc(O)c1)N(C)CCOc1ccccc1F. The third-order valence-corrected chi connectivity index (χ3v) is 3.79. The maximum Gasteiger partial charge on any atom is 0.193 e. The Morgan fingerprint density at radius 3 is 2.77 bits per heavy atom. The molecule has 0 aliphatic carbocycles. The molecule has 0 bridgehead atoms. The molecule has 0 unspecified atom stereocenters. The van der Waals surface area contributed by atoms with Crippen LogP contribution in [-0.2, 0) is 6.42 Å². The first-order valence-electron chi connectivity index (χ1n) is 8.75. The van der Waals surface area contributed by atoms with Gasteiger partial charge in [0.25, 0.3) is 0 Å². The molecule has 26 heavy (non-hydrogen) atoms. The van der Waals surface area contributed by atoms with Gasteiger partial charge in [-0.15, -0.1) is 0 Å². The number of guanidine groups is 1. The molecule has 0 saturated carbocycles. The highest BCUT2D eigenvalue weighted by atomic mass is 19.1. The van der Waals surface area contributed by atoms with Gasteiger partial charge in [-0.2, -0.15) is 0 Å². The van der Waals surface area contributed by atoms with Gasteiger partial charge in [0.15, 0.2) is 17.5 Å². The second-order valence-electron chi connectivity index (χ2n) is 5.86. The van der Waals surface area contributed by atoms with Crippen LogP contribution in [0.1, 0.15) is 12.5 Å². The lowest BCUT2D eigenvalue weighted by Crippen LogP contribution is -2.41. The number of likely N-dealkylation sites (N-methyl/N-ethyl adjacent to an activating group) is 1. The molecule has 2 N–H and O–H groups in total. The molecule has 0 amide bonds. The van der Waals surface area contributed by atoms with Crippen molar-refractivity contribution in [3.05, 3.63) is 59.9 Å². The molecule has 2 rings (SSSR count). The van der Waals surface area contributed by atoms with Crippen molar-refractivity contribution in [2.45, 2.75) is 13.3 Å². The zero-order valence-electron chi connectivity index (χ0n) is 15.3. The van der Waals surface area contributed by atoms with E-state index in [0.29, 0.717) is 19.7 Å². The van der Waals surface area contributed by atoms with E-state index >= 15 is 0 Å². The average Bonchev–Trinajstić information content (AvgIpc) is 2.62. The highest BCUT2D eigenvalue weighted by molar-refractivity contribution is 5.79. The number of rotatable bonds is 8. The topological polar surface area (TPSA) is 57.1 Å². The van der Waals surface area contributed by atoms with E-state index in [9.17, 15) is 9.50 Å². The van der Waals surface area contributed by atoms with Gasteiger partial charge in [-0.05, 0) is 43.2 Å². The summed E-state index contributed by atoms with van der Waals surface area (Å²) in [6.45, 7) is 4.29. The fourth-order valence-corrected chi connectivity index (χ4v) is 2.43. The molecule has 0 fully saturated rings. The zero-order valence-corrected chi connectivity index (χ0v) is 15.3. The Bertz CT molecular complexity index is 722. The van der Waals surface area contributed by atoms with E-state index in [4.69, 9.17) is 4.74 Å². The molecule has 0 aliphatic rings. The summed E-state index contributed by atoms with van der Waals surface area (Å²) >= 11 is 0.